The smallest absolute Gasteiger partial charge is 0.251 e. The van der Waals surface area contributed by atoms with Crippen LogP contribution in [0.1, 0.15) is 28.8 Å². The van der Waals surface area contributed by atoms with Gasteiger partial charge in [-0.2, -0.15) is 0 Å². The third kappa shape index (κ3) is 6.62. The van der Waals surface area contributed by atoms with Crippen LogP contribution in [0.3, 0.4) is 0 Å². The molecule has 27 heavy (non-hydrogen) atoms. The van der Waals surface area contributed by atoms with Crippen molar-refractivity contribution < 1.29 is 9.59 Å². The summed E-state index contributed by atoms with van der Waals surface area (Å²) in [5, 5.41) is 2.90. The summed E-state index contributed by atoms with van der Waals surface area (Å²) in [5.74, 6) is -0.0576. The molecule has 0 heterocycles. The number of allylic oxidation sites excluding steroid dienone is 2. The quantitative estimate of drug-likeness (QED) is 0.406. The molecule has 1 amide bonds. The number of ketones is 1. The second-order valence-corrected chi connectivity index (χ2v) is 6.58. The molecule has 0 spiro atoms. The molecule has 5 heteroatoms. The third-order valence-corrected chi connectivity index (χ3v) is 4.20. The van der Waals surface area contributed by atoms with Crippen LogP contribution in [0.2, 0.25) is 0 Å². The number of carbonyl (C=O) groups excluding carboxylic acids is 2. The van der Waals surface area contributed by atoms with Gasteiger partial charge in [0.05, 0.1) is 0 Å². The van der Waals surface area contributed by atoms with Crippen molar-refractivity contribution in [3.05, 3.63) is 71.8 Å². The van der Waals surface area contributed by atoms with E-state index >= 15 is 0 Å². The standard InChI is InChI=1S/C22H27N3O2/c1-25(2)19-13-11-17(12-14-19)22(27)24-15-7-3-4-9-20(26)16-18-8-5-6-10-21(18)23/h4-6,8-14H,3,7,15-16,23H2,1-2H3,(H,24,27)/b9-4+. The highest BCUT2D eigenvalue weighted by Crippen LogP contribution is 2.13. The van der Waals surface area contributed by atoms with Gasteiger partial charge in [-0.1, -0.05) is 24.3 Å². The van der Waals surface area contributed by atoms with Gasteiger partial charge in [0.15, 0.2) is 5.78 Å². The lowest BCUT2D eigenvalue weighted by Gasteiger charge is -2.12. The fraction of sp³-hybridized carbons (Fsp3) is 0.273. The Kier molecular flexibility index (Phi) is 7.62. The van der Waals surface area contributed by atoms with Crippen LogP contribution >= 0.6 is 0 Å². The van der Waals surface area contributed by atoms with Crippen LogP contribution in [0.15, 0.2) is 60.7 Å². The summed E-state index contributed by atoms with van der Waals surface area (Å²) in [6.07, 6.45) is 5.26. The van der Waals surface area contributed by atoms with Gasteiger partial charge in [0.2, 0.25) is 0 Å². The van der Waals surface area contributed by atoms with Crippen molar-refractivity contribution in [1.29, 1.82) is 0 Å². The molecule has 0 unspecified atom stereocenters. The van der Waals surface area contributed by atoms with Gasteiger partial charge in [0, 0.05) is 44.0 Å². The normalized spacial score (nSPS) is 10.7. The van der Waals surface area contributed by atoms with Crippen molar-refractivity contribution in [3.63, 3.8) is 0 Å². The minimum atomic E-state index is -0.0834. The van der Waals surface area contributed by atoms with Crippen LogP contribution < -0.4 is 16.0 Å². The second-order valence-electron chi connectivity index (χ2n) is 6.58. The lowest BCUT2D eigenvalue weighted by Crippen LogP contribution is -2.24. The lowest BCUT2D eigenvalue weighted by molar-refractivity contribution is -0.114. The van der Waals surface area contributed by atoms with Crippen LogP contribution in [-0.4, -0.2) is 32.3 Å². The van der Waals surface area contributed by atoms with Gasteiger partial charge in [-0.25, -0.2) is 0 Å². The zero-order chi connectivity index (χ0) is 19.6. The highest BCUT2D eigenvalue weighted by Gasteiger charge is 2.05. The Balaban J connectivity index is 1.67. The molecule has 0 atom stereocenters. The number of hydrogen-bond acceptors (Lipinski definition) is 4. The maximum Gasteiger partial charge on any atom is 0.251 e. The summed E-state index contributed by atoms with van der Waals surface area (Å²) in [5.41, 5.74) is 9.03. The molecule has 2 aromatic carbocycles. The number of nitrogens with one attached hydrogen (secondary N) is 1. The van der Waals surface area contributed by atoms with E-state index in [1.807, 2.05) is 67.5 Å². The number of anilines is 2. The van der Waals surface area contributed by atoms with Crippen molar-refractivity contribution >= 4 is 23.1 Å². The van der Waals surface area contributed by atoms with E-state index in [4.69, 9.17) is 5.73 Å². The van der Waals surface area contributed by atoms with Gasteiger partial charge in [-0.3, -0.25) is 9.59 Å². The zero-order valence-corrected chi connectivity index (χ0v) is 15.9. The molecule has 0 saturated heterocycles. The Morgan fingerprint density at radius 3 is 2.44 bits per heavy atom. The van der Waals surface area contributed by atoms with Crippen LogP contribution in [0.5, 0.6) is 0 Å². The first-order valence-corrected chi connectivity index (χ1v) is 9.05. The van der Waals surface area contributed by atoms with Gasteiger partial charge in [0.1, 0.15) is 0 Å². The fourth-order valence-corrected chi connectivity index (χ4v) is 2.59. The minimum Gasteiger partial charge on any atom is -0.398 e. The molecule has 0 aliphatic heterocycles. The fourth-order valence-electron chi connectivity index (χ4n) is 2.59. The first-order valence-electron chi connectivity index (χ1n) is 9.05. The van der Waals surface area contributed by atoms with E-state index in [1.165, 1.54) is 0 Å². The molecule has 2 aromatic rings. The molecule has 0 aliphatic carbocycles. The molecule has 2 rings (SSSR count). The van der Waals surface area contributed by atoms with E-state index in [2.05, 4.69) is 5.32 Å². The van der Waals surface area contributed by atoms with Crippen molar-refractivity contribution in [3.8, 4) is 0 Å². The largest absolute Gasteiger partial charge is 0.398 e. The molecule has 0 bridgehead atoms. The van der Waals surface area contributed by atoms with Crippen LogP contribution in [0, 0.1) is 0 Å². The number of hydrogen-bond donors (Lipinski definition) is 2. The number of nitrogens with two attached hydrogens (primary N) is 1. The first-order chi connectivity index (χ1) is 13.0. The maximum atomic E-state index is 12.1. The summed E-state index contributed by atoms with van der Waals surface area (Å²) in [4.78, 5) is 26.0. The molecule has 0 saturated carbocycles. The Labute approximate surface area is 160 Å². The molecule has 142 valence electrons. The van der Waals surface area contributed by atoms with Gasteiger partial charge < -0.3 is 16.0 Å². The molecule has 0 aromatic heterocycles. The van der Waals surface area contributed by atoms with E-state index in [0.717, 1.165) is 24.1 Å². The number of amides is 1. The molecular formula is C22H27N3O2. The average molecular weight is 365 g/mol. The molecule has 0 radical (unpaired) electrons. The van der Waals surface area contributed by atoms with Gasteiger partial charge in [0.25, 0.3) is 5.91 Å². The van der Waals surface area contributed by atoms with E-state index in [0.29, 0.717) is 24.2 Å². The predicted molar refractivity (Wildman–Crippen MR) is 111 cm³/mol. The average Bonchev–Trinajstić information content (AvgIpc) is 2.66. The predicted octanol–water partition coefficient (Wildman–Crippen LogP) is 3.21. The third-order valence-electron chi connectivity index (χ3n) is 4.20. The first kappa shape index (κ1) is 20.2. The maximum absolute atomic E-state index is 12.1. The highest BCUT2D eigenvalue weighted by atomic mass is 16.1. The number of nitrogen functional groups attached to an aromatic ring is 1. The number of carbonyl (C=O) groups is 2. The summed E-state index contributed by atoms with van der Waals surface area (Å²) in [6, 6.07) is 14.9. The molecular weight excluding hydrogens is 338 g/mol. The number of para-hydroxylation sites is 1. The molecule has 3 N–H and O–H groups in total. The van der Waals surface area contributed by atoms with Crippen LogP contribution in [-0.2, 0) is 11.2 Å². The van der Waals surface area contributed by atoms with Gasteiger partial charge >= 0.3 is 0 Å². The second kappa shape index (κ2) is 10.2. The monoisotopic (exact) mass is 365 g/mol. The zero-order valence-electron chi connectivity index (χ0n) is 15.9. The van der Waals surface area contributed by atoms with Gasteiger partial charge in [-0.15, -0.1) is 0 Å². The van der Waals surface area contributed by atoms with Crippen LogP contribution in [0.25, 0.3) is 0 Å². The lowest BCUT2D eigenvalue weighted by atomic mass is 10.1. The summed E-state index contributed by atoms with van der Waals surface area (Å²) in [6.45, 7) is 0.568. The Hall–Kier alpha value is -3.08. The SMILES string of the molecule is CN(C)c1ccc(C(=O)NCCC/C=C/C(=O)Cc2ccccc2N)cc1. The Morgan fingerprint density at radius 2 is 1.78 bits per heavy atom. The number of rotatable bonds is 9. The Morgan fingerprint density at radius 1 is 1.07 bits per heavy atom. The molecule has 0 aliphatic rings. The van der Waals surface area contributed by atoms with Gasteiger partial charge in [-0.05, 0) is 54.8 Å². The van der Waals surface area contributed by atoms with E-state index in [9.17, 15) is 9.59 Å². The van der Waals surface area contributed by atoms with E-state index in [1.54, 1.807) is 12.1 Å². The number of benzene rings is 2. The molecule has 5 nitrogen and oxygen atoms in total. The summed E-state index contributed by atoms with van der Waals surface area (Å²) < 4.78 is 0. The summed E-state index contributed by atoms with van der Waals surface area (Å²) in [7, 11) is 3.92. The Bertz CT molecular complexity index is 795. The minimum absolute atomic E-state index is 0.0258. The number of nitrogens with zero attached hydrogens (tertiary/aromatic N) is 1. The number of unbranched alkanes of at least 4 members (excludes halogenated alkanes) is 1. The topological polar surface area (TPSA) is 75.4 Å². The van der Waals surface area contributed by atoms with Crippen molar-refractivity contribution in [2.24, 2.45) is 0 Å². The van der Waals surface area contributed by atoms with Crippen molar-refractivity contribution in [2.75, 3.05) is 31.3 Å². The highest BCUT2D eigenvalue weighted by molar-refractivity contribution is 5.94. The summed E-state index contributed by atoms with van der Waals surface area (Å²) >= 11 is 0. The van der Waals surface area contributed by atoms with Crippen LogP contribution in [0.4, 0.5) is 11.4 Å². The molecule has 0 fully saturated rings. The van der Waals surface area contributed by atoms with Crippen molar-refractivity contribution in [2.45, 2.75) is 19.3 Å². The van der Waals surface area contributed by atoms with E-state index < -0.39 is 0 Å². The van der Waals surface area contributed by atoms with Crippen molar-refractivity contribution in [1.82, 2.24) is 5.32 Å². The van der Waals surface area contributed by atoms with E-state index in [-0.39, 0.29) is 11.7 Å².